The number of hydrogen-bond donors (Lipinski definition) is 1. The smallest absolute Gasteiger partial charge is 0.124 e. The predicted octanol–water partition coefficient (Wildman–Crippen LogP) is 2.62. The number of phenolic OH excluding ortho intramolecular Hbond substituents is 1. The van der Waals surface area contributed by atoms with Crippen LogP contribution in [0.15, 0.2) is 12.1 Å². The number of thiocarbonyl (C=S) groups is 1. The molecular weight excluding hydrogens is 180 g/mol. The molecule has 1 N–H and O–H groups in total. The standard InChI is InChI=1S/C11H12OS/c1-7(13)10-5-8-3-2-4-9(8)6-11(10)12/h5-6,12H,2-4H2,1H3. The highest BCUT2D eigenvalue weighted by Crippen LogP contribution is 2.29. The van der Waals surface area contributed by atoms with E-state index in [2.05, 4.69) is 0 Å². The fourth-order valence-corrected chi connectivity index (χ4v) is 2.06. The van der Waals surface area contributed by atoms with Gasteiger partial charge >= 0.3 is 0 Å². The Morgan fingerprint density at radius 3 is 2.54 bits per heavy atom. The Labute approximate surface area is 83.4 Å². The highest BCUT2D eigenvalue weighted by atomic mass is 32.1. The van der Waals surface area contributed by atoms with Crippen LogP contribution in [-0.4, -0.2) is 9.97 Å². The first-order valence-corrected chi connectivity index (χ1v) is 4.95. The molecule has 1 aliphatic rings. The number of phenols is 1. The Bertz CT molecular complexity index is 369. The third-order valence-corrected chi connectivity index (χ3v) is 2.81. The lowest BCUT2D eigenvalue weighted by Gasteiger charge is -2.06. The second-order valence-corrected chi connectivity index (χ2v) is 4.16. The molecule has 0 aliphatic heterocycles. The summed E-state index contributed by atoms with van der Waals surface area (Å²) in [6, 6.07) is 3.91. The minimum absolute atomic E-state index is 0.341. The third-order valence-electron chi connectivity index (χ3n) is 2.59. The lowest BCUT2D eigenvalue weighted by molar-refractivity contribution is 0.473. The topological polar surface area (TPSA) is 20.2 Å². The van der Waals surface area contributed by atoms with Crippen molar-refractivity contribution in [3.8, 4) is 5.75 Å². The summed E-state index contributed by atoms with van der Waals surface area (Å²) in [6.45, 7) is 1.85. The summed E-state index contributed by atoms with van der Waals surface area (Å²) in [5.41, 5.74) is 3.48. The number of rotatable bonds is 1. The predicted molar refractivity (Wildman–Crippen MR) is 57.5 cm³/mol. The van der Waals surface area contributed by atoms with Gasteiger partial charge in [0.15, 0.2) is 0 Å². The highest BCUT2D eigenvalue weighted by molar-refractivity contribution is 7.80. The average molecular weight is 192 g/mol. The van der Waals surface area contributed by atoms with E-state index in [1.807, 2.05) is 19.1 Å². The lowest BCUT2D eigenvalue weighted by atomic mass is 10.0. The van der Waals surface area contributed by atoms with Crippen LogP contribution < -0.4 is 0 Å². The van der Waals surface area contributed by atoms with Crippen LogP contribution in [0.1, 0.15) is 30.0 Å². The third kappa shape index (κ3) is 1.46. The molecule has 0 amide bonds. The molecule has 1 aromatic carbocycles. The summed E-state index contributed by atoms with van der Waals surface area (Å²) in [6.07, 6.45) is 3.43. The molecular formula is C11H12OS. The number of fused-ring (bicyclic) bond motifs is 1. The fraction of sp³-hybridized carbons (Fsp3) is 0.364. The Morgan fingerprint density at radius 1 is 1.31 bits per heavy atom. The highest BCUT2D eigenvalue weighted by Gasteiger charge is 2.14. The van der Waals surface area contributed by atoms with Gasteiger partial charge in [0.25, 0.3) is 0 Å². The van der Waals surface area contributed by atoms with Gasteiger partial charge in [-0.05, 0) is 49.4 Å². The molecule has 0 radical (unpaired) electrons. The Kier molecular flexibility index (Phi) is 2.08. The molecule has 0 aromatic heterocycles. The van der Waals surface area contributed by atoms with Crippen LogP contribution in [-0.2, 0) is 12.8 Å². The molecule has 13 heavy (non-hydrogen) atoms. The van der Waals surface area contributed by atoms with Crippen molar-refractivity contribution in [3.63, 3.8) is 0 Å². The first-order chi connectivity index (χ1) is 6.18. The van der Waals surface area contributed by atoms with Crippen LogP contribution >= 0.6 is 12.2 Å². The molecule has 2 rings (SSSR count). The lowest BCUT2D eigenvalue weighted by Crippen LogP contribution is -1.94. The molecule has 0 bridgehead atoms. The van der Waals surface area contributed by atoms with E-state index in [1.54, 1.807) is 0 Å². The van der Waals surface area contributed by atoms with E-state index < -0.39 is 0 Å². The van der Waals surface area contributed by atoms with E-state index in [1.165, 1.54) is 17.5 Å². The maximum Gasteiger partial charge on any atom is 0.124 e. The van der Waals surface area contributed by atoms with Crippen LogP contribution in [0.3, 0.4) is 0 Å². The number of aromatic hydroxyl groups is 1. The van der Waals surface area contributed by atoms with Crippen molar-refractivity contribution in [2.45, 2.75) is 26.2 Å². The normalized spacial score (nSPS) is 14.2. The van der Waals surface area contributed by atoms with Gasteiger partial charge in [-0.3, -0.25) is 0 Å². The van der Waals surface area contributed by atoms with E-state index in [0.29, 0.717) is 5.75 Å². The van der Waals surface area contributed by atoms with Crippen LogP contribution in [0.5, 0.6) is 5.75 Å². The maximum absolute atomic E-state index is 9.66. The van der Waals surface area contributed by atoms with E-state index >= 15 is 0 Å². The number of hydrogen-bond acceptors (Lipinski definition) is 2. The minimum Gasteiger partial charge on any atom is -0.507 e. The Hall–Kier alpha value is -0.890. The summed E-state index contributed by atoms with van der Waals surface area (Å²) in [7, 11) is 0. The summed E-state index contributed by atoms with van der Waals surface area (Å²) in [5, 5.41) is 9.66. The van der Waals surface area contributed by atoms with Crippen LogP contribution in [0.4, 0.5) is 0 Å². The monoisotopic (exact) mass is 192 g/mol. The minimum atomic E-state index is 0.341. The van der Waals surface area contributed by atoms with Crippen LogP contribution in [0, 0.1) is 0 Å². The van der Waals surface area contributed by atoms with E-state index in [0.717, 1.165) is 23.3 Å². The molecule has 0 unspecified atom stereocenters. The molecule has 0 fully saturated rings. The van der Waals surface area contributed by atoms with Crippen molar-refractivity contribution in [1.29, 1.82) is 0 Å². The van der Waals surface area contributed by atoms with Crippen LogP contribution in [0.25, 0.3) is 0 Å². The first-order valence-electron chi connectivity index (χ1n) is 4.54. The van der Waals surface area contributed by atoms with Gasteiger partial charge in [-0.15, -0.1) is 0 Å². The summed E-state index contributed by atoms with van der Waals surface area (Å²) >= 11 is 5.06. The largest absolute Gasteiger partial charge is 0.507 e. The Morgan fingerprint density at radius 2 is 1.92 bits per heavy atom. The van der Waals surface area contributed by atoms with Gasteiger partial charge < -0.3 is 5.11 Å². The number of aryl methyl sites for hydroxylation is 2. The molecule has 0 heterocycles. The zero-order chi connectivity index (χ0) is 9.42. The summed E-state index contributed by atoms with van der Waals surface area (Å²) < 4.78 is 0. The molecule has 0 atom stereocenters. The maximum atomic E-state index is 9.66. The molecule has 1 nitrogen and oxygen atoms in total. The fourth-order valence-electron chi connectivity index (χ4n) is 1.89. The quantitative estimate of drug-likeness (QED) is 0.545. The van der Waals surface area contributed by atoms with Crippen molar-refractivity contribution in [2.24, 2.45) is 0 Å². The zero-order valence-corrected chi connectivity index (χ0v) is 8.45. The summed E-state index contributed by atoms with van der Waals surface area (Å²) in [5.74, 6) is 0.341. The van der Waals surface area contributed by atoms with Gasteiger partial charge in [0.2, 0.25) is 0 Å². The SMILES string of the molecule is CC(=S)c1cc2c(cc1O)CCC2. The zero-order valence-electron chi connectivity index (χ0n) is 7.63. The van der Waals surface area contributed by atoms with Crippen molar-refractivity contribution in [2.75, 3.05) is 0 Å². The second-order valence-electron chi connectivity index (χ2n) is 3.55. The average Bonchev–Trinajstić information content (AvgIpc) is 2.48. The first kappa shape index (κ1) is 8.70. The molecule has 0 saturated heterocycles. The second kappa shape index (κ2) is 3.11. The van der Waals surface area contributed by atoms with Gasteiger partial charge in [-0.2, -0.15) is 0 Å². The van der Waals surface area contributed by atoms with E-state index in [9.17, 15) is 5.11 Å². The van der Waals surface area contributed by atoms with E-state index in [-0.39, 0.29) is 0 Å². The molecule has 1 aromatic rings. The van der Waals surface area contributed by atoms with Gasteiger partial charge in [0.1, 0.15) is 5.75 Å². The van der Waals surface area contributed by atoms with Gasteiger partial charge in [-0.1, -0.05) is 12.2 Å². The molecule has 2 heteroatoms. The Balaban J connectivity index is 2.55. The molecule has 0 spiro atoms. The van der Waals surface area contributed by atoms with Gasteiger partial charge in [-0.25, -0.2) is 0 Å². The van der Waals surface area contributed by atoms with Crippen LogP contribution in [0.2, 0.25) is 0 Å². The molecule has 0 saturated carbocycles. The van der Waals surface area contributed by atoms with Crippen molar-refractivity contribution >= 4 is 17.1 Å². The van der Waals surface area contributed by atoms with Crippen molar-refractivity contribution in [3.05, 3.63) is 28.8 Å². The number of benzene rings is 1. The van der Waals surface area contributed by atoms with Crippen molar-refractivity contribution < 1.29 is 5.11 Å². The molecule has 1 aliphatic carbocycles. The van der Waals surface area contributed by atoms with Gasteiger partial charge in [0, 0.05) is 10.4 Å². The molecule has 68 valence electrons. The van der Waals surface area contributed by atoms with E-state index in [4.69, 9.17) is 12.2 Å². The van der Waals surface area contributed by atoms with Gasteiger partial charge in [0.05, 0.1) is 0 Å². The van der Waals surface area contributed by atoms with Crippen molar-refractivity contribution in [1.82, 2.24) is 0 Å². The summed E-state index contributed by atoms with van der Waals surface area (Å²) in [4.78, 5) is 0.771.